The van der Waals surface area contributed by atoms with Crippen molar-refractivity contribution in [2.45, 2.75) is 18.3 Å². The van der Waals surface area contributed by atoms with Gasteiger partial charge in [-0.1, -0.05) is 0 Å². The molecule has 0 spiro atoms. The van der Waals surface area contributed by atoms with Gasteiger partial charge in [-0.2, -0.15) is 0 Å². The van der Waals surface area contributed by atoms with Crippen LogP contribution >= 0.6 is 0 Å². The van der Waals surface area contributed by atoms with Gasteiger partial charge >= 0.3 is 0 Å². The van der Waals surface area contributed by atoms with E-state index < -0.39 is 18.3 Å². The smallest absolute Gasteiger partial charge is 0.115 e. The summed E-state index contributed by atoms with van der Waals surface area (Å²) in [5, 5.41) is 26.1. The Balaban J connectivity index is 2.41. The van der Waals surface area contributed by atoms with Crippen molar-refractivity contribution < 1.29 is 20.1 Å². The minimum Gasteiger partial charge on any atom is -0.394 e. The molecule has 1 aliphatic rings. The van der Waals surface area contributed by atoms with Gasteiger partial charge < -0.3 is 20.1 Å². The molecule has 0 saturated carbocycles. The molecule has 0 aromatic heterocycles. The van der Waals surface area contributed by atoms with Crippen LogP contribution in [0.25, 0.3) is 0 Å². The minimum atomic E-state index is -0.977. The Kier molecular flexibility index (Phi) is 2.02. The Bertz CT molecular complexity index is 95.0. The average Bonchev–Trinajstić information content (AvgIpc) is 2.15. The molecule has 53 valence electrons. The van der Waals surface area contributed by atoms with E-state index in [0.717, 1.165) is 6.61 Å². The lowest BCUT2D eigenvalue weighted by atomic mass is 10.2. The Hall–Kier alpha value is -0.160. The molecule has 0 unspecified atom stereocenters. The molecule has 0 aliphatic carbocycles. The van der Waals surface area contributed by atoms with Gasteiger partial charge in [-0.25, -0.2) is 0 Å². The maximum absolute atomic E-state index is 8.89. The first-order valence-corrected chi connectivity index (χ1v) is 2.71. The Morgan fingerprint density at radius 1 is 1.44 bits per heavy atom. The minimum absolute atomic E-state index is 0.269. The molecule has 0 aromatic carbocycles. The van der Waals surface area contributed by atoms with Crippen LogP contribution in [-0.2, 0) is 4.74 Å². The lowest BCUT2D eigenvalue weighted by Gasteiger charge is -2.10. The lowest BCUT2D eigenvalue weighted by molar-refractivity contribution is -0.00317. The summed E-state index contributed by atoms with van der Waals surface area (Å²) in [5.41, 5.74) is 0. The van der Waals surface area contributed by atoms with E-state index in [0.29, 0.717) is 0 Å². The normalized spacial score (nSPS) is 43.7. The van der Waals surface area contributed by atoms with Gasteiger partial charge in [0.15, 0.2) is 0 Å². The molecular weight excluding hydrogens is 124 g/mol. The molecule has 1 aliphatic heterocycles. The van der Waals surface area contributed by atoms with E-state index in [-0.39, 0.29) is 6.61 Å². The zero-order valence-electron chi connectivity index (χ0n) is 4.77. The molecule has 4 heteroatoms. The molecule has 1 rings (SSSR count). The number of aliphatic hydroxyl groups excluding tert-OH is 3. The van der Waals surface area contributed by atoms with Crippen molar-refractivity contribution in [3.8, 4) is 0 Å². The zero-order valence-corrected chi connectivity index (χ0v) is 4.77. The number of hydrogen-bond donors (Lipinski definition) is 3. The summed E-state index contributed by atoms with van der Waals surface area (Å²) in [4.78, 5) is 0. The third kappa shape index (κ3) is 1.21. The zero-order chi connectivity index (χ0) is 6.85. The van der Waals surface area contributed by atoms with E-state index in [4.69, 9.17) is 15.3 Å². The highest BCUT2D eigenvalue weighted by molar-refractivity contribution is 4.89. The van der Waals surface area contributed by atoms with Crippen LogP contribution in [0.2, 0.25) is 0 Å². The van der Waals surface area contributed by atoms with Crippen molar-refractivity contribution in [1.29, 1.82) is 0 Å². The highest BCUT2D eigenvalue weighted by atomic mass is 16.5. The van der Waals surface area contributed by atoms with Crippen molar-refractivity contribution in [2.24, 2.45) is 0 Å². The molecule has 1 heterocycles. The molecule has 0 aromatic rings. The van der Waals surface area contributed by atoms with Gasteiger partial charge in [0, 0.05) is 0 Å². The van der Waals surface area contributed by atoms with Crippen LogP contribution < -0.4 is 0 Å². The van der Waals surface area contributed by atoms with Gasteiger partial charge in [-0.3, -0.25) is 0 Å². The third-order valence-corrected chi connectivity index (χ3v) is 1.30. The molecule has 3 N–H and O–H groups in total. The molecular formula is C5H9O4. The monoisotopic (exact) mass is 133 g/mol. The predicted octanol–water partition coefficient (Wildman–Crippen LogP) is -1.74. The first-order chi connectivity index (χ1) is 4.25. The predicted molar refractivity (Wildman–Crippen MR) is 28.3 cm³/mol. The van der Waals surface area contributed by atoms with E-state index in [2.05, 4.69) is 4.74 Å². The van der Waals surface area contributed by atoms with E-state index in [1.807, 2.05) is 0 Å². The van der Waals surface area contributed by atoms with Gasteiger partial charge in [0.25, 0.3) is 0 Å². The Morgan fingerprint density at radius 3 is 2.33 bits per heavy atom. The molecule has 1 radical (unpaired) electrons. The van der Waals surface area contributed by atoms with E-state index >= 15 is 0 Å². The van der Waals surface area contributed by atoms with Crippen LogP contribution in [0.3, 0.4) is 0 Å². The van der Waals surface area contributed by atoms with Crippen LogP contribution in [0.4, 0.5) is 0 Å². The van der Waals surface area contributed by atoms with Gasteiger partial charge in [-0.05, 0) is 0 Å². The van der Waals surface area contributed by atoms with Crippen LogP contribution in [0.1, 0.15) is 0 Å². The van der Waals surface area contributed by atoms with Crippen molar-refractivity contribution in [1.82, 2.24) is 0 Å². The van der Waals surface area contributed by atoms with Crippen molar-refractivity contribution in [3.05, 3.63) is 6.61 Å². The maximum atomic E-state index is 8.89. The van der Waals surface area contributed by atoms with Crippen molar-refractivity contribution in [2.75, 3.05) is 6.61 Å². The third-order valence-electron chi connectivity index (χ3n) is 1.30. The second-order valence-electron chi connectivity index (χ2n) is 1.97. The van der Waals surface area contributed by atoms with Crippen molar-refractivity contribution >= 4 is 0 Å². The van der Waals surface area contributed by atoms with Gasteiger partial charge in [-0.15, -0.1) is 0 Å². The van der Waals surface area contributed by atoms with Gasteiger partial charge in [0.05, 0.1) is 6.61 Å². The first kappa shape index (κ1) is 6.95. The van der Waals surface area contributed by atoms with Crippen LogP contribution in [0.15, 0.2) is 0 Å². The largest absolute Gasteiger partial charge is 0.394 e. The quantitative estimate of drug-likeness (QED) is 0.397. The number of ether oxygens (including phenoxy) is 1. The highest BCUT2D eigenvalue weighted by Crippen LogP contribution is 2.16. The van der Waals surface area contributed by atoms with Crippen LogP contribution in [0, 0.1) is 6.61 Å². The van der Waals surface area contributed by atoms with Gasteiger partial charge in [0.2, 0.25) is 0 Å². The Morgan fingerprint density at radius 2 is 2.11 bits per heavy atom. The fourth-order valence-electron chi connectivity index (χ4n) is 0.713. The van der Waals surface area contributed by atoms with Crippen LogP contribution in [-0.4, -0.2) is 40.2 Å². The second-order valence-corrected chi connectivity index (χ2v) is 1.97. The summed E-state index contributed by atoms with van der Waals surface area (Å²) < 4.78 is 4.65. The lowest BCUT2D eigenvalue weighted by Crippen LogP contribution is -2.31. The Labute approximate surface area is 52.7 Å². The van der Waals surface area contributed by atoms with E-state index in [1.54, 1.807) is 0 Å². The van der Waals surface area contributed by atoms with Crippen LogP contribution in [0.5, 0.6) is 0 Å². The SMILES string of the molecule is OC[C@@H]1O[CH][C@@H](O)[C@H]1O. The van der Waals surface area contributed by atoms with E-state index in [9.17, 15) is 0 Å². The summed E-state index contributed by atoms with van der Waals surface area (Å²) in [6.07, 6.45) is -2.59. The molecule has 3 atom stereocenters. The summed E-state index contributed by atoms with van der Waals surface area (Å²) >= 11 is 0. The summed E-state index contributed by atoms with van der Waals surface area (Å²) in [7, 11) is 0. The number of aliphatic hydroxyl groups is 3. The highest BCUT2D eigenvalue weighted by Gasteiger charge is 2.34. The fourth-order valence-corrected chi connectivity index (χ4v) is 0.713. The second kappa shape index (κ2) is 2.62. The summed E-state index contributed by atoms with van der Waals surface area (Å²) in [5.74, 6) is 0. The summed E-state index contributed by atoms with van der Waals surface area (Å²) in [6.45, 7) is 0.848. The standard InChI is InChI=1S/C5H9O4/c6-1-4-5(8)3(7)2-9-4/h2-8H,1H2/t3-,4+,5-/m1/s1. The average molecular weight is 133 g/mol. The van der Waals surface area contributed by atoms with Crippen molar-refractivity contribution in [3.63, 3.8) is 0 Å². The fraction of sp³-hybridized carbons (Fsp3) is 0.800. The number of rotatable bonds is 1. The summed E-state index contributed by atoms with van der Waals surface area (Å²) in [6, 6.07) is 0. The molecule has 1 fully saturated rings. The molecule has 1 saturated heterocycles. The first-order valence-electron chi connectivity index (χ1n) is 2.71. The van der Waals surface area contributed by atoms with Gasteiger partial charge in [0.1, 0.15) is 24.9 Å². The maximum Gasteiger partial charge on any atom is 0.115 e. The topological polar surface area (TPSA) is 69.9 Å². The van der Waals surface area contributed by atoms with E-state index in [1.165, 1.54) is 0 Å². The molecule has 0 bridgehead atoms. The molecule has 4 nitrogen and oxygen atoms in total. The molecule has 0 amide bonds. The number of hydrogen-bond acceptors (Lipinski definition) is 4. The molecule has 9 heavy (non-hydrogen) atoms.